The number of aliphatic hydroxyl groups is 1. The molecule has 2 aliphatic heterocycles. The van der Waals surface area contributed by atoms with Crippen LogP contribution in [0.15, 0.2) is 72.9 Å². The Bertz CT molecular complexity index is 1940. The number of aromatic amines is 1. The number of hydrogen-bond acceptors (Lipinski definition) is 6. The van der Waals surface area contributed by atoms with Crippen LogP contribution in [-0.2, 0) is 17.8 Å². The Balaban J connectivity index is 1.11. The minimum atomic E-state index is -0.230. The molecule has 4 heterocycles. The lowest BCUT2D eigenvalue weighted by Gasteiger charge is -2.31. The van der Waals surface area contributed by atoms with Gasteiger partial charge in [-0.3, -0.25) is 9.59 Å². The predicted octanol–water partition coefficient (Wildman–Crippen LogP) is 5.34. The molecule has 5 aromatic rings. The van der Waals surface area contributed by atoms with Gasteiger partial charge in [-0.1, -0.05) is 36.4 Å². The Labute approximate surface area is 260 Å². The van der Waals surface area contributed by atoms with E-state index in [0.29, 0.717) is 67.1 Å². The summed E-state index contributed by atoms with van der Waals surface area (Å²) >= 11 is 0. The summed E-state index contributed by atoms with van der Waals surface area (Å²) in [5, 5.41) is 10.7. The van der Waals surface area contributed by atoms with E-state index < -0.39 is 0 Å². The third-order valence-corrected chi connectivity index (χ3v) is 9.24. The summed E-state index contributed by atoms with van der Waals surface area (Å²) in [6.45, 7) is 2.63. The Morgan fingerprint density at radius 1 is 0.956 bits per heavy atom. The Kier molecular flexibility index (Phi) is 6.92. The number of imidazole rings is 1. The fourth-order valence-electron chi connectivity index (χ4n) is 6.65. The van der Waals surface area contributed by atoms with Crippen molar-refractivity contribution in [2.45, 2.75) is 31.8 Å². The molecule has 1 aliphatic carbocycles. The molecule has 9 heteroatoms. The lowest BCUT2D eigenvalue weighted by Crippen LogP contribution is -2.40. The number of H-pyrrole nitrogens is 1. The third kappa shape index (κ3) is 4.98. The van der Waals surface area contributed by atoms with Gasteiger partial charge < -0.3 is 24.6 Å². The first-order valence-corrected chi connectivity index (χ1v) is 15.6. The molecule has 45 heavy (non-hydrogen) atoms. The number of nitrogens with one attached hydrogen (secondary N) is 1. The molecule has 2 amide bonds. The van der Waals surface area contributed by atoms with Crippen LogP contribution in [0.25, 0.3) is 33.7 Å². The number of pyridine rings is 1. The molecule has 0 atom stereocenters. The molecule has 0 spiro atoms. The van der Waals surface area contributed by atoms with Gasteiger partial charge in [0.2, 0.25) is 0 Å². The number of aliphatic hydroxyl groups excluding tert-OH is 1. The monoisotopic (exact) mass is 599 g/mol. The van der Waals surface area contributed by atoms with E-state index in [1.807, 2.05) is 59.5 Å². The molecule has 1 saturated heterocycles. The second-order valence-electron chi connectivity index (χ2n) is 12.0. The number of nitrogens with zero attached hydrogens (tertiary/aromatic N) is 4. The molecule has 226 valence electrons. The maximum atomic E-state index is 13.7. The van der Waals surface area contributed by atoms with Crippen LogP contribution in [-0.4, -0.2) is 69.6 Å². The van der Waals surface area contributed by atoms with Crippen molar-refractivity contribution >= 4 is 28.7 Å². The number of fused-ring (bicyclic) bond motifs is 2. The Hall–Kier alpha value is -4.86. The number of aromatic nitrogens is 3. The van der Waals surface area contributed by atoms with Crippen LogP contribution >= 0.6 is 0 Å². The molecule has 2 aromatic heterocycles. The molecular weight excluding hydrogens is 566 g/mol. The molecule has 8 rings (SSSR count). The van der Waals surface area contributed by atoms with Crippen LogP contribution in [0.3, 0.4) is 0 Å². The zero-order valence-electron chi connectivity index (χ0n) is 24.8. The SMILES string of the molecule is O=C(c1ccc(-c2nc3nccc(-c4cccc(N5CCc6cc(C7CC7)ccc6C5=O)c4CO)c3[nH]2)cc1)N1CCOCC1. The van der Waals surface area contributed by atoms with Gasteiger partial charge in [0.05, 0.1) is 31.0 Å². The number of hydrogen-bond donors (Lipinski definition) is 2. The van der Waals surface area contributed by atoms with Crippen molar-refractivity contribution in [1.82, 2.24) is 19.9 Å². The highest BCUT2D eigenvalue weighted by molar-refractivity contribution is 6.09. The van der Waals surface area contributed by atoms with Crippen LogP contribution in [0.2, 0.25) is 0 Å². The number of amides is 2. The van der Waals surface area contributed by atoms with Gasteiger partial charge in [0.15, 0.2) is 5.65 Å². The zero-order valence-corrected chi connectivity index (χ0v) is 24.8. The summed E-state index contributed by atoms with van der Waals surface area (Å²) in [4.78, 5) is 43.0. The molecule has 0 unspecified atom stereocenters. The standard InChI is InChI=1S/C36H33N5O4/c42-21-30-28(2-1-3-31(30)41-15-13-26-20-25(22-4-5-22)10-11-27(26)36(41)44)29-12-14-37-34-32(29)38-33(39-34)23-6-8-24(9-7-23)35(43)40-16-18-45-19-17-40/h1-3,6-12,14,20,22,42H,4-5,13,15-19,21H2,(H,37,38,39). The molecular formula is C36H33N5O4. The van der Waals surface area contributed by atoms with Gasteiger partial charge >= 0.3 is 0 Å². The maximum Gasteiger partial charge on any atom is 0.258 e. The van der Waals surface area contributed by atoms with Crippen LogP contribution in [0.4, 0.5) is 5.69 Å². The van der Waals surface area contributed by atoms with Crippen molar-refractivity contribution in [2.24, 2.45) is 0 Å². The normalized spacial score (nSPS) is 16.7. The van der Waals surface area contributed by atoms with E-state index in [2.05, 4.69) is 22.1 Å². The largest absolute Gasteiger partial charge is 0.392 e. The van der Waals surface area contributed by atoms with Gasteiger partial charge in [-0.2, -0.15) is 0 Å². The zero-order chi connectivity index (χ0) is 30.5. The van der Waals surface area contributed by atoms with Crippen molar-refractivity contribution in [3.8, 4) is 22.5 Å². The van der Waals surface area contributed by atoms with Gasteiger partial charge in [-0.25, -0.2) is 9.97 Å². The number of ether oxygens (including phenoxy) is 1. The van der Waals surface area contributed by atoms with Gasteiger partial charge in [0.1, 0.15) is 5.82 Å². The first-order valence-electron chi connectivity index (χ1n) is 15.6. The average Bonchev–Trinajstić information content (AvgIpc) is 3.86. The summed E-state index contributed by atoms with van der Waals surface area (Å²) in [7, 11) is 0. The molecule has 1 saturated carbocycles. The first kappa shape index (κ1) is 27.7. The second kappa shape index (κ2) is 11.3. The highest BCUT2D eigenvalue weighted by Gasteiger charge is 2.30. The maximum absolute atomic E-state index is 13.7. The summed E-state index contributed by atoms with van der Waals surface area (Å²) < 4.78 is 5.37. The molecule has 2 N–H and O–H groups in total. The number of benzene rings is 3. The van der Waals surface area contributed by atoms with Crippen molar-refractivity contribution in [1.29, 1.82) is 0 Å². The summed E-state index contributed by atoms with van der Waals surface area (Å²) in [6, 6.07) is 21.4. The summed E-state index contributed by atoms with van der Waals surface area (Å²) in [5.74, 6) is 1.23. The van der Waals surface area contributed by atoms with Crippen molar-refractivity contribution in [3.05, 3.63) is 101 Å². The van der Waals surface area contributed by atoms with Gasteiger partial charge in [-0.15, -0.1) is 0 Å². The van der Waals surface area contributed by atoms with E-state index in [1.165, 1.54) is 18.4 Å². The fourth-order valence-corrected chi connectivity index (χ4v) is 6.65. The smallest absolute Gasteiger partial charge is 0.258 e. The van der Waals surface area contributed by atoms with E-state index in [0.717, 1.165) is 39.8 Å². The molecule has 3 aromatic carbocycles. The Morgan fingerprint density at radius 3 is 2.56 bits per heavy atom. The number of morpholine rings is 1. The second-order valence-corrected chi connectivity index (χ2v) is 12.0. The van der Waals surface area contributed by atoms with Crippen LogP contribution < -0.4 is 4.90 Å². The Morgan fingerprint density at radius 2 is 1.78 bits per heavy atom. The van der Waals surface area contributed by atoms with Crippen LogP contribution in [0, 0.1) is 0 Å². The van der Waals surface area contributed by atoms with Crippen molar-refractivity contribution < 1.29 is 19.4 Å². The lowest BCUT2D eigenvalue weighted by molar-refractivity contribution is 0.0303. The molecule has 0 radical (unpaired) electrons. The third-order valence-electron chi connectivity index (χ3n) is 9.24. The fraction of sp³-hybridized carbons (Fsp3) is 0.278. The lowest BCUT2D eigenvalue weighted by atomic mass is 9.93. The van der Waals surface area contributed by atoms with Gasteiger partial charge in [0, 0.05) is 53.6 Å². The molecule has 9 nitrogen and oxygen atoms in total. The number of carbonyl (C=O) groups is 2. The van der Waals surface area contributed by atoms with Gasteiger partial charge in [-0.05, 0) is 72.2 Å². The minimum absolute atomic E-state index is 0.00601. The van der Waals surface area contributed by atoms with Crippen LogP contribution in [0.5, 0.6) is 0 Å². The molecule has 0 bridgehead atoms. The molecule has 3 aliphatic rings. The number of anilines is 1. The van der Waals surface area contributed by atoms with E-state index in [4.69, 9.17) is 9.72 Å². The van der Waals surface area contributed by atoms with E-state index in [1.54, 1.807) is 11.1 Å². The minimum Gasteiger partial charge on any atom is -0.392 e. The van der Waals surface area contributed by atoms with E-state index >= 15 is 0 Å². The topological polar surface area (TPSA) is 112 Å². The van der Waals surface area contributed by atoms with Gasteiger partial charge in [0.25, 0.3) is 11.8 Å². The summed E-state index contributed by atoms with van der Waals surface area (Å²) in [6.07, 6.45) is 4.94. The van der Waals surface area contributed by atoms with Crippen molar-refractivity contribution in [2.75, 3.05) is 37.7 Å². The quantitative estimate of drug-likeness (QED) is 0.273. The first-order chi connectivity index (χ1) is 22.1. The number of rotatable bonds is 6. The van der Waals surface area contributed by atoms with Crippen LogP contribution in [0.1, 0.15) is 56.2 Å². The summed E-state index contributed by atoms with van der Waals surface area (Å²) in [5.41, 5.74) is 8.95. The predicted molar refractivity (Wildman–Crippen MR) is 171 cm³/mol. The highest BCUT2D eigenvalue weighted by Crippen LogP contribution is 2.42. The molecule has 2 fully saturated rings. The average molecular weight is 600 g/mol. The highest BCUT2D eigenvalue weighted by atomic mass is 16.5. The van der Waals surface area contributed by atoms with E-state index in [9.17, 15) is 14.7 Å². The van der Waals surface area contributed by atoms with E-state index in [-0.39, 0.29) is 18.4 Å². The van der Waals surface area contributed by atoms with Crippen molar-refractivity contribution in [3.63, 3.8) is 0 Å². The number of carbonyl (C=O) groups excluding carboxylic acids is 2.